The molecule has 0 spiro atoms. The van der Waals surface area contributed by atoms with Crippen LogP contribution in [0.25, 0.3) is 0 Å². The number of Topliss-reactive ketones (excluding diaryl/α,β-unsaturated/α-hetero) is 1. The van der Waals surface area contributed by atoms with E-state index in [-0.39, 0.29) is 10.8 Å². The molecule has 2 saturated carbocycles. The van der Waals surface area contributed by atoms with Crippen molar-refractivity contribution < 1.29 is 9.59 Å². The fourth-order valence-electron chi connectivity index (χ4n) is 5.64. The summed E-state index contributed by atoms with van der Waals surface area (Å²) >= 11 is 0. The Labute approximate surface area is 126 Å². The molecule has 112 valence electrons. The van der Waals surface area contributed by atoms with E-state index in [0.29, 0.717) is 29.8 Å². The van der Waals surface area contributed by atoms with E-state index in [2.05, 4.69) is 19.9 Å². The predicted molar refractivity (Wildman–Crippen MR) is 81.7 cm³/mol. The minimum Gasteiger partial charge on any atom is -0.299 e. The summed E-state index contributed by atoms with van der Waals surface area (Å²) in [6, 6.07) is 0. The van der Waals surface area contributed by atoms with Gasteiger partial charge in [-0.25, -0.2) is 0 Å². The third-order valence-corrected chi connectivity index (χ3v) is 7.05. The van der Waals surface area contributed by atoms with E-state index in [0.717, 1.165) is 38.5 Å². The van der Waals surface area contributed by atoms with Crippen LogP contribution >= 0.6 is 0 Å². The fraction of sp³-hybridized carbons (Fsp3) is 0.684. The van der Waals surface area contributed by atoms with Crippen molar-refractivity contribution in [2.45, 2.75) is 58.8 Å². The Morgan fingerprint density at radius 2 is 1.90 bits per heavy atom. The molecule has 4 aliphatic carbocycles. The van der Waals surface area contributed by atoms with Gasteiger partial charge in [-0.3, -0.25) is 9.59 Å². The lowest BCUT2D eigenvalue weighted by Gasteiger charge is -2.52. The number of carbonyl (C=O) groups is 2. The van der Waals surface area contributed by atoms with E-state index in [4.69, 9.17) is 0 Å². The summed E-state index contributed by atoms with van der Waals surface area (Å²) in [4.78, 5) is 24.1. The van der Waals surface area contributed by atoms with E-state index in [1.165, 1.54) is 5.57 Å². The minimum absolute atomic E-state index is 0.101. The second kappa shape index (κ2) is 4.18. The first kappa shape index (κ1) is 13.5. The van der Waals surface area contributed by atoms with Crippen molar-refractivity contribution in [3.63, 3.8) is 0 Å². The lowest BCUT2D eigenvalue weighted by molar-refractivity contribution is -0.127. The summed E-state index contributed by atoms with van der Waals surface area (Å²) in [5, 5.41) is 0. The smallest absolute Gasteiger partial charge is 0.155 e. The average Bonchev–Trinajstić information content (AvgIpc) is 2.76. The quantitative estimate of drug-likeness (QED) is 0.630. The summed E-state index contributed by atoms with van der Waals surface area (Å²) in [7, 11) is 0. The molecule has 21 heavy (non-hydrogen) atoms. The minimum atomic E-state index is -0.101. The maximum Gasteiger partial charge on any atom is 0.155 e. The van der Waals surface area contributed by atoms with Crippen LogP contribution in [-0.2, 0) is 9.59 Å². The number of carbonyl (C=O) groups excluding carboxylic acids is 2. The van der Waals surface area contributed by atoms with E-state index < -0.39 is 0 Å². The van der Waals surface area contributed by atoms with Crippen molar-refractivity contribution in [2.75, 3.05) is 0 Å². The van der Waals surface area contributed by atoms with Crippen LogP contribution in [0.1, 0.15) is 58.8 Å². The van der Waals surface area contributed by atoms with Crippen LogP contribution in [0.4, 0.5) is 0 Å². The maximum absolute atomic E-state index is 12.3. The highest BCUT2D eigenvalue weighted by atomic mass is 16.1. The lowest BCUT2D eigenvalue weighted by Crippen LogP contribution is -2.44. The van der Waals surface area contributed by atoms with Crippen molar-refractivity contribution in [1.82, 2.24) is 0 Å². The van der Waals surface area contributed by atoms with Crippen LogP contribution in [0.5, 0.6) is 0 Å². The fourth-order valence-corrected chi connectivity index (χ4v) is 5.64. The van der Waals surface area contributed by atoms with Crippen molar-refractivity contribution in [2.24, 2.45) is 22.7 Å². The van der Waals surface area contributed by atoms with Crippen LogP contribution < -0.4 is 0 Å². The molecular weight excluding hydrogens is 260 g/mol. The Bertz CT molecular complexity index is 597. The monoisotopic (exact) mass is 284 g/mol. The largest absolute Gasteiger partial charge is 0.299 e. The third kappa shape index (κ3) is 1.65. The van der Waals surface area contributed by atoms with Crippen molar-refractivity contribution in [3.8, 4) is 0 Å². The summed E-state index contributed by atoms with van der Waals surface area (Å²) in [5.41, 5.74) is 2.92. The molecular formula is C19H24O2. The molecule has 2 nitrogen and oxygen atoms in total. The van der Waals surface area contributed by atoms with E-state index in [1.807, 2.05) is 6.08 Å². The van der Waals surface area contributed by atoms with Gasteiger partial charge in [-0.05, 0) is 50.0 Å². The van der Waals surface area contributed by atoms with Crippen LogP contribution in [0, 0.1) is 22.7 Å². The first-order valence-corrected chi connectivity index (χ1v) is 8.43. The second-order valence-corrected chi connectivity index (χ2v) is 7.96. The van der Waals surface area contributed by atoms with Gasteiger partial charge in [0.15, 0.2) is 5.78 Å². The molecule has 0 amide bonds. The average molecular weight is 284 g/mol. The topological polar surface area (TPSA) is 34.1 Å². The van der Waals surface area contributed by atoms with Crippen LogP contribution in [0.15, 0.2) is 23.3 Å². The van der Waals surface area contributed by atoms with Gasteiger partial charge in [0.1, 0.15) is 5.78 Å². The van der Waals surface area contributed by atoms with Crippen LogP contribution in [0.3, 0.4) is 0 Å². The zero-order chi connectivity index (χ0) is 14.8. The predicted octanol–water partition coefficient (Wildman–Crippen LogP) is 4.01. The SMILES string of the molecule is C[C@]12CCC(=O)C=C1CC[C@@H]1C2=CC[C@]2(C)C(=O)CC[C@@H]12. The Hall–Kier alpha value is -1.18. The van der Waals surface area contributed by atoms with Gasteiger partial charge >= 0.3 is 0 Å². The molecule has 0 aromatic carbocycles. The summed E-state index contributed by atoms with van der Waals surface area (Å²) in [5.74, 6) is 1.90. The number of ketones is 2. The van der Waals surface area contributed by atoms with Crippen molar-refractivity contribution in [1.29, 1.82) is 0 Å². The zero-order valence-electron chi connectivity index (χ0n) is 13.1. The highest BCUT2D eigenvalue weighted by Gasteiger charge is 2.55. The molecule has 2 heteroatoms. The molecule has 0 aromatic rings. The molecule has 0 aliphatic heterocycles. The molecule has 0 unspecified atom stereocenters. The van der Waals surface area contributed by atoms with Gasteiger partial charge in [0, 0.05) is 23.7 Å². The van der Waals surface area contributed by atoms with Gasteiger partial charge in [-0.15, -0.1) is 0 Å². The van der Waals surface area contributed by atoms with Gasteiger partial charge in [-0.2, -0.15) is 0 Å². The Morgan fingerprint density at radius 3 is 2.71 bits per heavy atom. The first-order valence-electron chi connectivity index (χ1n) is 8.43. The molecule has 4 rings (SSSR count). The first-order chi connectivity index (χ1) is 9.95. The summed E-state index contributed by atoms with van der Waals surface area (Å²) < 4.78 is 0. The maximum atomic E-state index is 12.3. The van der Waals surface area contributed by atoms with E-state index in [1.54, 1.807) is 5.57 Å². The van der Waals surface area contributed by atoms with Gasteiger partial charge < -0.3 is 0 Å². The van der Waals surface area contributed by atoms with Gasteiger partial charge in [-0.1, -0.05) is 31.1 Å². The molecule has 2 fully saturated rings. The number of hydrogen-bond donors (Lipinski definition) is 0. The number of allylic oxidation sites excluding steroid dienone is 4. The molecule has 0 saturated heterocycles. The third-order valence-electron chi connectivity index (χ3n) is 7.05. The van der Waals surface area contributed by atoms with E-state index in [9.17, 15) is 9.59 Å². The molecule has 4 atom stereocenters. The highest BCUT2D eigenvalue weighted by molar-refractivity contribution is 5.92. The van der Waals surface area contributed by atoms with Gasteiger partial charge in [0.2, 0.25) is 0 Å². The standard InChI is InChI=1S/C19H24O2/c1-18-9-7-13(20)11-12(18)3-4-14-15-5-6-17(21)19(15,2)10-8-16(14)18/h8,11,14-15H,3-7,9-10H2,1-2H3/t14-,15-,18-,19-/m0/s1. The van der Waals surface area contributed by atoms with Crippen LogP contribution in [-0.4, -0.2) is 11.6 Å². The van der Waals surface area contributed by atoms with Crippen molar-refractivity contribution >= 4 is 11.6 Å². The number of fused-ring (bicyclic) bond motifs is 5. The lowest BCUT2D eigenvalue weighted by atomic mass is 9.52. The van der Waals surface area contributed by atoms with Crippen LogP contribution in [0.2, 0.25) is 0 Å². The van der Waals surface area contributed by atoms with Gasteiger partial charge in [0.25, 0.3) is 0 Å². The summed E-state index contributed by atoms with van der Waals surface area (Å²) in [6.45, 7) is 4.53. The van der Waals surface area contributed by atoms with E-state index >= 15 is 0 Å². The highest BCUT2D eigenvalue weighted by Crippen LogP contribution is 2.62. The Balaban J connectivity index is 1.78. The van der Waals surface area contributed by atoms with Crippen molar-refractivity contribution in [3.05, 3.63) is 23.3 Å². The Morgan fingerprint density at radius 1 is 1.10 bits per heavy atom. The zero-order valence-corrected chi connectivity index (χ0v) is 13.1. The molecule has 4 aliphatic rings. The molecule has 0 radical (unpaired) electrons. The molecule has 0 N–H and O–H groups in total. The second-order valence-electron chi connectivity index (χ2n) is 7.96. The normalized spacial score (nSPS) is 45.4. The Kier molecular flexibility index (Phi) is 2.68. The van der Waals surface area contributed by atoms with Gasteiger partial charge in [0.05, 0.1) is 0 Å². The molecule has 0 aromatic heterocycles. The number of rotatable bonds is 0. The molecule has 0 heterocycles. The summed E-state index contributed by atoms with van der Waals surface area (Å²) in [6.07, 6.45) is 10.9. The molecule has 0 bridgehead atoms. The number of hydrogen-bond acceptors (Lipinski definition) is 2.